The van der Waals surface area contributed by atoms with Gasteiger partial charge >= 0.3 is 0 Å². The zero-order chi connectivity index (χ0) is 18.6. The molecule has 0 aliphatic carbocycles. The molecule has 8 heteroatoms. The topological polar surface area (TPSA) is 75.2 Å². The Hall–Kier alpha value is -2.22. The van der Waals surface area contributed by atoms with Crippen molar-refractivity contribution in [2.75, 3.05) is 34.8 Å². The number of aromatic nitrogens is 2. The van der Waals surface area contributed by atoms with Crippen molar-refractivity contribution < 1.29 is 12.8 Å². The van der Waals surface area contributed by atoms with E-state index in [4.69, 9.17) is 0 Å². The van der Waals surface area contributed by atoms with Gasteiger partial charge in [0.1, 0.15) is 11.6 Å². The molecule has 1 unspecified atom stereocenters. The van der Waals surface area contributed by atoms with Crippen LogP contribution in [0.15, 0.2) is 36.5 Å². The average Bonchev–Trinajstić information content (AvgIpc) is 2.97. The van der Waals surface area contributed by atoms with Gasteiger partial charge in [-0.05, 0) is 43.5 Å². The van der Waals surface area contributed by atoms with Crippen molar-refractivity contribution in [2.24, 2.45) is 0 Å². The standard InChI is InChI=1S/C18H23FN4O2S/c1-2-23(16-9-12-26(24,25)13-16)17-8-11-21-18(22-17)20-10-7-14-3-5-15(19)6-4-14/h3-6,8,11,16H,2,7,9-10,12-13H2,1H3,(H,20,21,22). The van der Waals surface area contributed by atoms with Crippen molar-refractivity contribution in [3.8, 4) is 0 Å². The van der Waals surface area contributed by atoms with Gasteiger partial charge in [-0.3, -0.25) is 0 Å². The van der Waals surface area contributed by atoms with E-state index in [0.29, 0.717) is 25.5 Å². The molecule has 6 nitrogen and oxygen atoms in total. The Bertz CT molecular complexity index is 843. The van der Waals surface area contributed by atoms with Crippen LogP contribution in [0.25, 0.3) is 0 Å². The van der Waals surface area contributed by atoms with Crippen LogP contribution in [0, 0.1) is 5.82 Å². The third kappa shape index (κ3) is 4.69. The number of nitrogens with one attached hydrogen (secondary N) is 1. The van der Waals surface area contributed by atoms with Crippen LogP contribution in [0.2, 0.25) is 0 Å². The molecular formula is C18H23FN4O2S. The summed E-state index contributed by atoms with van der Waals surface area (Å²) in [6.45, 7) is 3.31. The quantitative estimate of drug-likeness (QED) is 0.797. The number of rotatable bonds is 7. The van der Waals surface area contributed by atoms with Gasteiger partial charge in [-0.15, -0.1) is 0 Å². The Balaban J connectivity index is 1.62. The third-order valence-corrected chi connectivity index (χ3v) is 6.29. The molecule has 1 aliphatic heterocycles. The number of halogens is 1. The van der Waals surface area contributed by atoms with Crippen molar-refractivity contribution in [2.45, 2.75) is 25.8 Å². The van der Waals surface area contributed by atoms with Gasteiger partial charge in [0.05, 0.1) is 11.5 Å². The fourth-order valence-corrected chi connectivity index (χ4v) is 4.92. The summed E-state index contributed by atoms with van der Waals surface area (Å²) in [7, 11) is -2.94. The normalized spacial score (nSPS) is 18.6. The van der Waals surface area contributed by atoms with Crippen molar-refractivity contribution in [3.63, 3.8) is 0 Å². The first-order chi connectivity index (χ1) is 12.5. The lowest BCUT2D eigenvalue weighted by Crippen LogP contribution is -2.36. The van der Waals surface area contributed by atoms with Crippen LogP contribution in [0.5, 0.6) is 0 Å². The van der Waals surface area contributed by atoms with Crippen LogP contribution in [0.3, 0.4) is 0 Å². The molecule has 1 aliphatic rings. The Morgan fingerprint density at radius 2 is 2.04 bits per heavy atom. The number of nitrogens with zero attached hydrogens (tertiary/aromatic N) is 3. The molecule has 1 saturated heterocycles. The van der Waals surface area contributed by atoms with Crippen LogP contribution in [-0.2, 0) is 16.3 Å². The highest BCUT2D eigenvalue weighted by Gasteiger charge is 2.32. The Labute approximate surface area is 153 Å². The first-order valence-corrected chi connectivity index (χ1v) is 10.6. The molecule has 1 fully saturated rings. The van der Waals surface area contributed by atoms with Crippen LogP contribution >= 0.6 is 0 Å². The summed E-state index contributed by atoms with van der Waals surface area (Å²) in [6.07, 6.45) is 3.04. The van der Waals surface area contributed by atoms with Gasteiger partial charge in [-0.2, -0.15) is 4.98 Å². The minimum absolute atomic E-state index is 0.0352. The van der Waals surface area contributed by atoms with E-state index < -0.39 is 9.84 Å². The van der Waals surface area contributed by atoms with Crippen LogP contribution in [0.4, 0.5) is 16.2 Å². The fourth-order valence-electron chi connectivity index (χ4n) is 3.19. The maximum Gasteiger partial charge on any atom is 0.224 e. The highest BCUT2D eigenvalue weighted by Crippen LogP contribution is 2.23. The third-order valence-electron chi connectivity index (χ3n) is 4.54. The Morgan fingerprint density at radius 3 is 2.69 bits per heavy atom. The molecule has 3 rings (SSSR count). The van der Waals surface area contributed by atoms with Gasteiger partial charge in [0, 0.05) is 25.3 Å². The van der Waals surface area contributed by atoms with Gasteiger partial charge < -0.3 is 10.2 Å². The fraction of sp³-hybridized carbons (Fsp3) is 0.444. The molecule has 2 heterocycles. The van der Waals surface area contributed by atoms with Gasteiger partial charge in [0.2, 0.25) is 5.95 Å². The zero-order valence-electron chi connectivity index (χ0n) is 14.7. The summed E-state index contributed by atoms with van der Waals surface area (Å²) >= 11 is 0. The van der Waals surface area contributed by atoms with Crippen molar-refractivity contribution in [1.29, 1.82) is 0 Å². The lowest BCUT2D eigenvalue weighted by Gasteiger charge is -2.28. The molecule has 0 saturated carbocycles. The Kier molecular flexibility index (Phi) is 5.70. The molecule has 1 atom stereocenters. The van der Waals surface area contributed by atoms with E-state index in [0.717, 1.165) is 17.8 Å². The molecule has 0 radical (unpaired) electrons. The Morgan fingerprint density at radius 1 is 1.27 bits per heavy atom. The maximum absolute atomic E-state index is 12.9. The highest BCUT2D eigenvalue weighted by atomic mass is 32.2. The van der Waals surface area contributed by atoms with E-state index >= 15 is 0 Å². The second kappa shape index (κ2) is 7.99. The molecule has 1 aromatic carbocycles. The minimum Gasteiger partial charge on any atom is -0.354 e. The summed E-state index contributed by atoms with van der Waals surface area (Å²) in [5.41, 5.74) is 1.03. The van der Waals surface area contributed by atoms with Crippen molar-refractivity contribution in [3.05, 3.63) is 47.9 Å². The van der Waals surface area contributed by atoms with Gasteiger partial charge in [0.15, 0.2) is 9.84 Å². The van der Waals surface area contributed by atoms with Crippen molar-refractivity contribution >= 4 is 21.6 Å². The second-order valence-electron chi connectivity index (χ2n) is 6.38. The molecule has 140 valence electrons. The SMILES string of the molecule is CCN(c1ccnc(NCCc2ccc(F)cc2)n1)C1CCS(=O)(=O)C1. The van der Waals surface area contributed by atoms with Gasteiger partial charge in [-0.1, -0.05) is 12.1 Å². The van der Waals surface area contributed by atoms with Crippen LogP contribution in [0.1, 0.15) is 18.9 Å². The molecule has 1 aromatic heterocycles. The second-order valence-corrected chi connectivity index (χ2v) is 8.61. The number of hydrogen-bond donors (Lipinski definition) is 1. The first-order valence-electron chi connectivity index (χ1n) is 8.75. The maximum atomic E-state index is 12.9. The number of hydrogen-bond acceptors (Lipinski definition) is 6. The lowest BCUT2D eigenvalue weighted by molar-refractivity contribution is 0.599. The monoisotopic (exact) mass is 378 g/mol. The number of benzene rings is 1. The van der Waals surface area contributed by atoms with Gasteiger partial charge in [-0.25, -0.2) is 17.8 Å². The lowest BCUT2D eigenvalue weighted by atomic mass is 10.1. The summed E-state index contributed by atoms with van der Waals surface area (Å²) in [6, 6.07) is 8.18. The first kappa shape index (κ1) is 18.6. The number of anilines is 2. The van der Waals surface area contributed by atoms with E-state index in [1.54, 1.807) is 24.4 Å². The average molecular weight is 378 g/mol. The minimum atomic E-state index is -2.94. The van der Waals surface area contributed by atoms with Crippen LogP contribution in [-0.4, -0.2) is 49.0 Å². The molecule has 1 N–H and O–H groups in total. The van der Waals surface area contributed by atoms with E-state index in [1.165, 1.54) is 12.1 Å². The molecule has 26 heavy (non-hydrogen) atoms. The van der Waals surface area contributed by atoms with Crippen LogP contribution < -0.4 is 10.2 Å². The molecule has 0 bridgehead atoms. The number of sulfone groups is 1. The van der Waals surface area contributed by atoms with E-state index in [1.807, 2.05) is 11.8 Å². The summed E-state index contributed by atoms with van der Waals surface area (Å²) < 4.78 is 36.4. The van der Waals surface area contributed by atoms with E-state index in [9.17, 15) is 12.8 Å². The predicted molar refractivity (Wildman–Crippen MR) is 101 cm³/mol. The molecule has 2 aromatic rings. The summed E-state index contributed by atoms with van der Waals surface area (Å²) in [4.78, 5) is 10.8. The zero-order valence-corrected chi connectivity index (χ0v) is 15.5. The molecular weight excluding hydrogens is 355 g/mol. The predicted octanol–water partition coefficient (Wildman–Crippen LogP) is 2.28. The molecule has 0 amide bonds. The van der Waals surface area contributed by atoms with E-state index in [-0.39, 0.29) is 23.4 Å². The summed E-state index contributed by atoms with van der Waals surface area (Å²) in [5.74, 6) is 1.41. The smallest absolute Gasteiger partial charge is 0.224 e. The highest BCUT2D eigenvalue weighted by molar-refractivity contribution is 7.91. The van der Waals surface area contributed by atoms with Crippen molar-refractivity contribution in [1.82, 2.24) is 9.97 Å². The molecule has 0 spiro atoms. The summed E-state index contributed by atoms with van der Waals surface area (Å²) in [5, 5.41) is 3.17. The van der Waals surface area contributed by atoms with E-state index in [2.05, 4.69) is 15.3 Å². The van der Waals surface area contributed by atoms with Gasteiger partial charge in [0.25, 0.3) is 0 Å². The largest absolute Gasteiger partial charge is 0.354 e.